The third-order valence-electron chi connectivity index (χ3n) is 6.36. The number of hydrogen-bond donors (Lipinski definition) is 3. The van der Waals surface area contributed by atoms with E-state index in [0.29, 0.717) is 0 Å². The Morgan fingerprint density at radius 2 is 1.40 bits per heavy atom. The number of alkyl carbamates (subject to hydrolysis) is 3. The zero-order chi connectivity index (χ0) is 34.6. The predicted molar refractivity (Wildman–Crippen MR) is 166 cm³/mol. The summed E-state index contributed by atoms with van der Waals surface area (Å²) in [5.41, 5.74) is -0.742. The van der Waals surface area contributed by atoms with Crippen molar-refractivity contribution in [2.45, 2.75) is 89.8 Å². The number of carbonyl (C=O) groups excluding carboxylic acids is 4. The molecule has 1 aromatic rings. The van der Waals surface area contributed by atoms with Gasteiger partial charge >= 0.3 is 24.2 Å². The zero-order valence-corrected chi connectivity index (χ0v) is 27.9. The highest BCUT2D eigenvalue weighted by Gasteiger charge is 2.49. The number of aliphatic imine (C=N–C) groups is 1. The van der Waals surface area contributed by atoms with Gasteiger partial charge in [-0.15, -0.1) is 0 Å². The zero-order valence-electron chi connectivity index (χ0n) is 27.9. The first-order valence-electron chi connectivity index (χ1n) is 15.2. The van der Waals surface area contributed by atoms with Gasteiger partial charge in [-0.3, -0.25) is 10.6 Å². The van der Waals surface area contributed by atoms with Gasteiger partial charge in [-0.1, -0.05) is 30.3 Å². The van der Waals surface area contributed by atoms with E-state index in [1.807, 2.05) is 30.3 Å². The van der Waals surface area contributed by atoms with Gasteiger partial charge in [0.25, 0.3) is 0 Å². The van der Waals surface area contributed by atoms with Crippen molar-refractivity contribution >= 4 is 30.2 Å². The summed E-state index contributed by atoms with van der Waals surface area (Å²) >= 11 is 0. The fourth-order valence-corrected chi connectivity index (χ4v) is 4.43. The molecule has 0 bridgehead atoms. The number of fused-ring (bicyclic) bond motifs is 1. The molecule has 1 aromatic carbocycles. The normalized spacial score (nSPS) is 21.1. The van der Waals surface area contributed by atoms with Crippen LogP contribution in [0.4, 0.5) is 14.4 Å². The molecule has 0 aliphatic carbocycles. The molecule has 0 spiro atoms. The predicted octanol–water partition coefficient (Wildman–Crippen LogP) is 2.43. The van der Waals surface area contributed by atoms with Crippen LogP contribution in [-0.4, -0.2) is 112 Å². The molecular weight excluding hydrogens is 620 g/mol. The Hall–Kier alpha value is -3.99. The van der Waals surface area contributed by atoms with Crippen molar-refractivity contribution < 1.29 is 57.1 Å². The number of esters is 1. The monoisotopic (exact) mass is 666 g/mol. The molecule has 0 unspecified atom stereocenters. The Bertz CT molecular complexity index is 1200. The average molecular weight is 667 g/mol. The lowest BCUT2D eigenvalue weighted by Crippen LogP contribution is -2.47. The van der Waals surface area contributed by atoms with E-state index in [1.54, 1.807) is 41.5 Å². The third kappa shape index (κ3) is 13.3. The molecule has 47 heavy (non-hydrogen) atoms. The minimum atomic E-state index is -1.12. The highest BCUT2D eigenvalue weighted by Crippen LogP contribution is 2.30. The van der Waals surface area contributed by atoms with Crippen LogP contribution in [0.2, 0.25) is 0 Å². The number of methoxy groups -OCH3 is 1. The van der Waals surface area contributed by atoms with E-state index in [4.69, 9.17) is 37.9 Å². The molecule has 0 radical (unpaired) electrons. The second-order valence-corrected chi connectivity index (χ2v) is 12.6. The maximum Gasteiger partial charge on any atom is 0.414 e. The van der Waals surface area contributed by atoms with Gasteiger partial charge in [-0.2, -0.15) is 0 Å². The van der Waals surface area contributed by atoms with Crippen molar-refractivity contribution in [2.24, 2.45) is 4.99 Å². The number of rotatable bonds is 11. The number of carbonyl (C=O) groups is 4. The number of nitrogens with one attached hydrogen (secondary N) is 3. The Morgan fingerprint density at radius 3 is 1.94 bits per heavy atom. The smallest absolute Gasteiger partial charge is 0.414 e. The van der Waals surface area contributed by atoms with Crippen molar-refractivity contribution in [3.05, 3.63) is 35.9 Å². The summed E-state index contributed by atoms with van der Waals surface area (Å²) in [6.45, 7) is 10.6. The first-order chi connectivity index (χ1) is 22.1. The highest BCUT2D eigenvalue weighted by atomic mass is 16.6. The van der Waals surface area contributed by atoms with Gasteiger partial charge in [-0.25, -0.2) is 24.2 Å². The lowest BCUT2D eigenvalue weighted by atomic mass is 10.1. The number of nitrogens with zero attached hydrogens (tertiary/aromatic N) is 1. The maximum atomic E-state index is 12.3. The van der Waals surface area contributed by atoms with Crippen LogP contribution in [-0.2, 0) is 49.3 Å². The van der Waals surface area contributed by atoms with Crippen molar-refractivity contribution in [3.8, 4) is 0 Å². The van der Waals surface area contributed by atoms with Crippen LogP contribution in [0.1, 0.15) is 47.1 Å². The molecule has 2 saturated heterocycles. The summed E-state index contributed by atoms with van der Waals surface area (Å²) in [5.74, 6) is -0.867. The van der Waals surface area contributed by atoms with Gasteiger partial charge in [0.2, 0.25) is 5.96 Å². The van der Waals surface area contributed by atoms with E-state index in [1.165, 1.54) is 7.11 Å². The van der Waals surface area contributed by atoms with E-state index >= 15 is 0 Å². The van der Waals surface area contributed by atoms with Crippen LogP contribution < -0.4 is 16.0 Å². The van der Waals surface area contributed by atoms with Crippen LogP contribution in [0.15, 0.2) is 35.3 Å². The largest absolute Gasteiger partial charge is 0.467 e. The van der Waals surface area contributed by atoms with Crippen LogP contribution in [0, 0.1) is 0 Å². The average Bonchev–Trinajstić information content (AvgIpc) is 3.57. The third-order valence-corrected chi connectivity index (χ3v) is 6.36. The SMILES string of the molecule is COC(=O)[C@H](CO[C@H]1CO[C@H]2[C@@H]1OC[C@H]2OCCN=C(NC(=O)OC(C)(C)C)NC(=O)OC(C)(C)C)NC(=O)OCc1ccccc1. The van der Waals surface area contributed by atoms with Gasteiger partial charge in [0, 0.05) is 0 Å². The Labute approximate surface area is 274 Å². The lowest BCUT2D eigenvalue weighted by Gasteiger charge is -2.22. The first kappa shape index (κ1) is 37.5. The molecule has 0 aromatic heterocycles. The van der Waals surface area contributed by atoms with Crippen molar-refractivity contribution in [3.63, 3.8) is 0 Å². The summed E-state index contributed by atoms with van der Waals surface area (Å²) in [4.78, 5) is 53.4. The van der Waals surface area contributed by atoms with Crippen molar-refractivity contribution in [1.82, 2.24) is 16.0 Å². The van der Waals surface area contributed by atoms with Crippen LogP contribution >= 0.6 is 0 Å². The second-order valence-electron chi connectivity index (χ2n) is 12.6. The summed E-state index contributed by atoms with van der Waals surface area (Å²) in [7, 11) is 1.21. The van der Waals surface area contributed by atoms with Gasteiger partial charge in [-0.05, 0) is 47.1 Å². The van der Waals surface area contributed by atoms with E-state index in [2.05, 4.69) is 20.9 Å². The van der Waals surface area contributed by atoms with Crippen molar-refractivity contribution in [1.29, 1.82) is 0 Å². The van der Waals surface area contributed by atoms with E-state index in [-0.39, 0.29) is 45.5 Å². The molecule has 2 fully saturated rings. The second kappa shape index (κ2) is 17.2. The molecule has 2 heterocycles. The molecule has 2 aliphatic heterocycles. The summed E-state index contributed by atoms with van der Waals surface area (Å²) in [6, 6.07) is 7.99. The first-order valence-corrected chi connectivity index (χ1v) is 15.2. The topological polar surface area (TPSA) is 191 Å². The standard InChI is InChI=1S/C31H46N4O12/c1-30(2,3)46-28(38)34-26(35-29(39)47-31(4,5)6)32-13-14-41-21-17-43-24-22(18-44-23(21)24)42-16-20(25(36)40-7)33-27(37)45-15-19-11-9-8-10-12-19/h8-12,20-24H,13-18H2,1-7H3,(H,33,37)(H2,32,34,35,38,39)/t20-,21+,22-,23+,24+/m0/s1. The quantitative estimate of drug-likeness (QED) is 0.103. The van der Waals surface area contributed by atoms with Crippen molar-refractivity contribution in [2.75, 3.05) is 40.1 Å². The molecule has 2 aliphatic rings. The number of ether oxygens (including phenoxy) is 8. The van der Waals surface area contributed by atoms with Gasteiger partial charge in [0.1, 0.15) is 42.2 Å². The Kier molecular flexibility index (Phi) is 13.7. The molecule has 16 nitrogen and oxygen atoms in total. The molecule has 5 atom stereocenters. The minimum absolute atomic E-state index is 0.0317. The van der Waals surface area contributed by atoms with Gasteiger partial charge < -0.3 is 43.2 Å². The summed E-state index contributed by atoms with van der Waals surface area (Å²) < 4.78 is 44.1. The van der Waals surface area contributed by atoms with E-state index in [0.717, 1.165) is 5.56 Å². The highest BCUT2D eigenvalue weighted by molar-refractivity contribution is 6.01. The Morgan fingerprint density at radius 1 is 0.851 bits per heavy atom. The van der Waals surface area contributed by atoms with Gasteiger partial charge in [0.05, 0.1) is 40.1 Å². The molecular formula is C31H46N4O12. The lowest BCUT2D eigenvalue weighted by molar-refractivity contribution is -0.146. The summed E-state index contributed by atoms with van der Waals surface area (Å²) in [5, 5.41) is 7.29. The molecule has 3 rings (SSSR count). The van der Waals surface area contributed by atoms with Crippen LogP contribution in [0.5, 0.6) is 0 Å². The van der Waals surface area contributed by atoms with E-state index in [9.17, 15) is 19.2 Å². The molecule has 3 N–H and O–H groups in total. The number of benzene rings is 1. The number of guanidine groups is 1. The number of amides is 3. The molecule has 3 amide bonds. The maximum absolute atomic E-state index is 12.3. The fraction of sp³-hybridized carbons (Fsp3) is 0.645. The van der Waals surface area contributed by atoms with Gasteiger partial charge in [0.15, 0.2) is 6.04 Å². The minimum Gasteiger partial charge on any atom is -0.467 e. The number of hydrogen-bond acceptors (Lipinski definition) is 13. The van der Waals surface area contributed by atoms with E-state index < -0.39 is 65.9 Å². The fourth-order valence-electron chi connectivity index (χ4n) is 4.43. The molecule has 16 heteroatoms. The summed E-state index contributed by atoms with van der Waals surface area (Å²) in [6.07, 6.45) is -4.34. The molecule has 262 valence electrons. The Balaban J connectivity index is 1.48. The van der Waals surface area contributed by atoms with Crippen LogP contribution in [0.25, 0.3) is 0 Å². The van der Waals surface area contributed by atoms with Crippen LogP contribution in [0.3, 0.4) is 0 Å². The molecule has 0 saturated carbocycles.